The number of H-pyrrole nitrogens is 1. The van der Waals surface area contributed by atoms with Gasteiger partial charge in [-0.1, -0.05) is 18.0 Å². The quantitative estimate of drug-likeness (QED) is 0.465. The van der Waals surface area contributed by atoms with Gasteiger partial charge in [0.2, 0.25) is 5.91 Å². The second-order valence-electron chi connectivity index (χ2n) is 8.21. The summed E-state index contributed by atoms with van der Waals surface area (Å²) in [7, 11) is 0. The van der Waals surface area contributed by atoms with Crippen LogP contribution >= 0.6 is 11.9 Å². The summed E-state index contributed by atoms with van der Waals surface area (Å²) in [5.41, 5.74) is 3.45. The highest BCUT2D eigenvalue weighted by atomic mass is 32.2. The third-order valence-corrected chi connectivity index (χ3v) is 6.86. The Morgan fingerprint density at radius 2 is 2.06 bits per heavy atom. The van der Waals surface area contributed by atoms with Gasteiger partial charge in [-0.05, 0) is 55.5 Å². The van der Waals surface area contributed by atoms with Gasteiger partial charge in [-0.2, -0.15) is 10.5 Å². The van der Waals surface area contributed by atoms with Crippen molar-refractivity contribution in [2.75, 3.05) is 15.8 Å². The number of carbonyl (C=O) groups excluding carboxylic acids is 1. The van der Waals surface area contributed by atoms with Gasteiger partial charge >= 0.3 is 0 Å². The van der Waals surface area contributed by atoms with Crippen LogP contribution in [0.3, 0.4) is 0 Å². The summed E-state index contributed by atoms with van der Waals surface area (Å²) >= 11 is 1.50. The number of carbonyl (C=O) groups is 1. The molecule has 0 atom stereocenters. The highest BCUT2D eigenvalue weighted by molar-refractivity contribution is 8.00. The normalized spacial score (nSPS) is 16.3. The molecule has 2 aliphatic rings. The van der Waals surface area contributed by atoms with Crippen molar-refractivity contribution < 1.29 is 4.79 Å². The first-order valence-electron chi connectivity index (χ1n) is 10.2. The minimum absolute atomic E-state index is 0.00719. The molecule has 3 aromatic rings. The van der Waals surface area contributed by atoms with Crippen LogP contribution in [-0.4, -0.2) is 21.6 Å². The number of fused-ring (bicyclic) bond motifs is 1. The molecule has 2 saturated carbocycles. The molecule has 3 N–H and O–H groups in total. The lowest BCUT2D eigenvalue weighted by Crippen LogP contribution is -2.14. The maximum absolute atomic E-state index is 12.2. The zero-order valence-electron chi connectivity index (χ0n) is 16.7. The lowest BCUT2D eigenvalue weighted by molar-refractivity contribution is -0.117. The van der Waals surface area contributed by atoms with E-state index in [1.54, 1.807) is 6.20 Å². The first-order valence-corrected chi connectivity index (χ1v) is 11.2. The van der Waals surface area contributed by atoms with Crippen LogP contribution in [0, 0.1) is 34.0 Å². The zero-order chi connectivity index (χ0) is 21.4. The molecule has 0 aliphatic heterocycles. The standard InChI is InChI=1S/C23H20N6OS/c24-11-15-9-16(29-31-13-23(12-25)6-7-23)3-4-17(15)19-10-20(28-22(30)14-1-2-14)27-21-18(19)5-8-26-21/h3-5,8-10,14,29H,1-2,6-7,13H2,(H2,26,27,28,30). The summed E-state index contributed by atoms with van der Waals surface area (Å²) in [5.74, 6) is 1.28. The van der Waals surface area contributed by atoms with E-state index in [1.807, 2.05) is 30.3 Å². The number of nitrogens with one attached hydrogen (secondary N) is 3. The SMILES string of the molecule is N#Cc1cc(NSCC2(C#N)CC2)ccc1-c1cc(NC(=O)C2CC2)nc2[nH]ccc12. The van der Waals surface area contributed by atoms with Crippen molar-refractivity contribution in [1.82, 2.24) is 9.97 Å². The third-order valence-electron chi connectivity index (χ3n) is 5.79. The van der Waals surface area contributed by atoms with E-state index in [0.717, 1.165) is 53.6 Å². The van der Waals surface area contributed by atoms with Crippen LogP contribution in [0.2, 0.25) is 0 Å². The van der Waals surface area contributed by atoms with Crippen LogP contribution in [0.5, 0.6) is 0 Å². The molecular formula is C23H20N6OS. The summed E-state index contributed by atoms with van der Waals surface area (Å²) < 4.78 is 3.26. The molecule has 154 valence electrons. The lowest BCUT2D eigenvalue weighted by atomic mass is 9.98. The van der Waals surface area contributed by atoms with Gasteiger partial charge in [-0.3, -0.25) is 4.79 Å². The maximum Gasteiger partial charge on any atom is 0.228 e. The van der Waals surface area contributed by atoms with Crippen molar-refractivity contribution in [3.8, 4) is 23.3 Å². The van der Waals surface area contributed by atoms with E-state index >= 15 is 0 Å². The number of rotatable bonds is 7. The number of nitrogens with zero attached hydrogens (tertiary/aromatic N) is 3. The molecule has 0 spiro atoms. The van der Waals surface area contributed by atoms with E-state index in [1.165, 1.54) is 11.9 Å². The first-order chi connectivity index (χ1) is 15.1. The van der Waals surface area contributed by atoms with Crippen molar-refractivity contribution in [2.24, 2.45) is 11.3 Å². The molecule has 2 aromatic heterocycles. The van der Waals surface area contributed by atoms with Crippen molar-refractivity contribution >= 4 is 40.4 Å². The average Bonchev–Trinajstić information content (AvgIpc) is 3.71. The van der Waals surface area contributed by atoms with Crippen LogP contribution in [0.15, 0.2) is 36.5 Å². The van der Waals surface area contributed by atoms with E-state index in [2.05, 4.69) is 32.1 Å². The number of anilines is 2. The Morgan fingerprint density at radius 1 is 1.23 bits per heavy atom. The highest BCUT2D eigenvalue weighted by Gasteiger charge is 2.43. The van der Waals surface area contributed by atoms with Crippen LogP contribution in [0.4, 0.5) is 11.5 Å². The monoisotopic (exact) mass is 428 g/mol. The molecular weight excluding hydrogens is 408 g/mol. The van der Waals surface area contributed by atoms with E-state index in [4.69, 9.17) is 0 Å². The molecule has 0 radical (unpaired) electrons. The van der Waals surface area contributed by atoms with Crippen LogP contribution < -0.4 is 10.0 Å². The van der Waals surface area contributed by atoms with Gasteiger partial charge in [-0.25, -0.2) is 4.98 Å². The molecule has 31 heavy (non-hydrogen) atoms. The zero-order valence-corrected chi connectivity index (χ0v) is 17.6. The van der Waals surface area contributed by atoms with Gasteiger partial charge in [0.1, 0.15) is 11.5 Å². The minimum atomic E-state index is -0.187. The van der Waals surface area contributed by atoms with E-state index in [-0.39, 0.29) is 17.2 Å². The maximum atomic E-state index is 12.2. The molecule has 1 aromatic carbocycles. The molecule has 2 heterocycles. The second kappa shape index (κ2) is 7.64. The van der Waals surface area contributed by atoms with Gasteiger partial charge < -0.3 is 15.0 Å². The van der Waals surface area contributed by atoms with Crippen molar-refractivity contribution in [3.63, 3.8) is 0 Å². The molecule has 0 saturated heterocycles. The molecule has 7 nitrogen and oxygen atoms in total. The van der Waals surface area contributed by atoms with Crippen molar-refractivity contribution in [3.05, 3.63) is 42.1 Å². The number of hydrogen-bond acceptors (Lipinski definition) is 6. The number of pyridine rings is 1. The molecule has 2 aliphatic carbocycles. The van der Waals surface area contributed by atoms with Gasteiger partial charge in [-0.15, -0.1) is 0 Å². The van der Waals surface area contributed by atoms with E-state index < -0.39 is 0 Å². The summed E-state index contributed by atoms with van der Waals surface area (Å²) in [6.07, 6.45) is 5.55. The summed E-state index contributed by atoms with van der Waals surface area (Å²) in [6, 6.07) is 14.1. The minimum Gasteiger partial charge on any atom is -0.346 e. The average molecular weight is 429 g/mol. The number of aromatic amines is 1. The Kier molecular flexibility index (Phi) is 4.80. The Balaban J connectivity index is 1.43. The fourth-order valence-electron chi connectivity index (χ4n) is 3.53. The molecule has 0 bridgehead atoms. The van der Waals surface area contributed by atoms with Gasteiger partial charge in [0.25, 0.3) is 0 Å². The molecule has 8 heteroatoms. The number of aromatic nitrogens is 2. The predicted molar refractivity (Wildman–Crippen MR) is 121 cm³/mol. The summed E-state index contributed by atoms with van der Waals surface area (Å²) in [5, 5.41) is 22.8. The van der Waals surface area contributed by atoms with Crippen LogP contribution in [0.1, 0.15) is 31.2 Å². The number of nitriles is 2. The van der Waals surface area contributed by atoms with Gasteiger partial charge in [0.15, 0.2) is 0 Å². The van der Waals surface area contributed by atoms with Crippen molar-refractivity contribution in [1.29, 1.82) is 10.5 Å². The molecule has 5 rings (SSSR count). The van der Waals surface area contributed by atoms with Gasteiger partial charge in [0.05, 0.1) is 23.1 Å². The van der Waals surface area contributed by atoms with Crippen LogP contribution in [0.25, 0.3) is 22.2 Å². The smallest absolute Gasteiger partial charge is 0.228 e. The van der Waals surface area contributed by atoms with E-state index in [9.17, 15) is 15.3 Å². The summed E-state index contributed by atoms with van der Waals surface area (Å²) in [6.45, 7) is 0. The molecule has 0 unspecified atom stereocenters. The Labute approximate surface area is 184 Å². The largest absolute Gasteiger partial charge is 0.346 e. The Hall–Kier alpha value is -3.49. The molecule has 1 amide bonds. The fourth-order valence-corrected chi connectivity index (χ4v) is 4.53. The number of hydrogen-bond donors (Lipinski definition) is 3. The Morgan fingerprint density at radius 3 is 2.77 bits per heavy atom. The first kappa shape index (κ1) is 19.5. The second-order valence-corrected chi connectivity index (χ2v) is 9.00. The summed E-state index contributed by atoms with van der Waals surface area (Å²) in [4.78, 5) is 19.8. The number of benzene rings is 1. The van der Waals surface area contributed by atoms with Crippen LogP contribution in [-0.2, 0) is 4.79 Å². The topological polar surface area (TPSA) is 117 Å². The lowest BCUT2D eigenvalue weighted by Gasteiger charge is -2.12. The van der Waals surface area contributed by atoms with E-state index in [0.29, 0.717) is 17.0 Å². The number of amides is 1. The van der Waals surface area contributed by atoms with Gasteiger partial charge in [0, 0.05) is 34.5 Å². The predicted octanol–water partition coefficient (Wildman–Crippen LogP) is 4.81. The molecule has 2 fully saturated rings. The van der Waals surface area contributed by atoms with Crippen molar-refractivity contribution in [2.45, 2.75) is 25.7 Å². The Bertz CT molecular complexity index is 1260. The third kappa shape index (κ3) is 3.95. The highest BCUT2D eigenvalue weighted by Crippen LogP contribution is 2.47. The fraction of sp³-hybridized carbons (Fsp3) is 0.304.